The molecular formula is C9H17N. The minimum absolute atomic E-state index is 0.871. The van der Waals surface area contributed by atoms with Gasteiger partial charge in [0, 0.05) is 12.1 Å². The lowest BCUT2D eigenvalue weighted by Crippen LogP contribution is -2.03. The third-order valence-electron chi connectivity index (χ3n) is 2.99. The normalized spacial score (nSPS) is 46.2. The fourth-order valence-electron chi connectivity index (χ4n) is 2.30. The summed E-state index contributed by atoms with van der Waals surface area (Å²) < 4.78 is 0. The highest BCUT2D eigenvalue weighted by Gasteiger charge is 2.53. The van der Waals surface area contributed by atoms with E-state index in [-0.39, 0.29) is 0 Å². The van der Waals surface area contributed by atoms with E-state index in [9.17, 15) is 0 Å². The molecule has 0 spiro atoms. The van der Waals surface area contributed by atoms with Gasteiger partial charge in [0.2, 0.25) is 0 Å². The van der Waals surface area contributed by atoms with Crippen molar-refractivity contribution in [1.29, 1.82) is 0 Å². The monoisotopic (exact) mass is 139 g/mol. The second-order valence-corrected chi connectivity index (χ2v) is 4.23. The Bertz CT molecular complexity index is 130. The van der Waals surface area contributed by atoms with Gasteiger partial charge in [0.15, 0.2) is 0 Å². The number of hydrogen-bond acceptors (Lipinski definition) is 1. The lowest BCUT2D eigenvalue weighted by Gasteiger charge is -1.98. The van der Waals surface area contributed by atoms with E-state index in [1.165, 1.54) is 12.8 Å². The summed E-state index contributed by atoms with van der Waals surface area (Å²) in [4.78, 5) is 2.54. The van der Waals surface area contributed by atoms with Crippen molar-refractivity contribution in [2.75, 3.05) is 7.05 Å². The van der Waals surface area contributed by atoms with Gasteiger partial charge in [-0.15, -0.1) is 0 Å². The summed E-state index contributed by atoms with van der Waals surface area (Å²) in [5, 5.41) is 0. The minimum Gasteiger partial charge on any atom is -0.297 e. The molecule has 58 valence electrons. The average Bonchev–Trinajstić information content (AvgIpc) is 2.57. The summed E-state index contributed by atoms with van der Waals surface area (Å²) in [7, 11) is 2.27. The van der Waals surface area contributed by atoms with Crippen molar-refractivity contribution < 1.29 is 0 Å². The van der Waals surface area contributed by atoms with E-state index in [1.807, 2.05) is 0 Å². The Hall–Kier alpha value is -0.0400. The molecule has 1 heteroatoms. The van der Waals surface area contributed by atoms with Gasteiger partial charge in [0.1, 0.15) is 0 Å². The molecule has 1 saturated carbocycles. The van der Waals surface area contributed by atoms with Crippen LogP contribution in [0.15, 0.2) is 0 Å². The van der Waals surface area contributed by atoms with Crippen LogP contribution in [0.1, 0.15) is 26.7 Å². The molecule has 2 aliphatic rings. The van der Waals surface area contributed by atoms with Crippen LogP contribution in [-0.4, -0.2) is 24.0 Å². The third-order valence-corrected chi connectivity index (χ3v) is 2.99. The summed E-state index contributed by atoms with van der Waals surface area (Å²) in [6.45, 7) is 4.67. The van der Waals surface area contributed by atoms with Crippen molar-refractivity contribution in [3.63, 3.8) is 0 Å². The molecule has 1 aliphatic carbocycles. The fourth-order valence-corrected chi connectivity index (χ4v) is 2.30. The van der Waals surface area contributed by atoms with Gasteiger partial charge in [-0.05, 0) is 31.7 Å². The van der Waals surface area contributed by atoms with Crippen molar-refractivity contribution in [3.05, 3.63) is 0 Å². The van der Waals surface area contributed by atoms with E-state index in [0.717, 1.165) is 23.9 Å². The maximum atomic E-state index is 2.54. The van der Waals surface area contributed by atoms with Crippen molar-refractivity contribution in [2.45, 2.75) is 38.8 Å². The molecule has 2 fully saturated rings. The van der Waals surface area contributed by atoms with Crippen LogP contribution in [0, 0.1) is 11.8 Å². The van der Waals surface area contributed by atoms with E-state index in [4.69, 9.17) is 0 Å². The quantitative estimate of drug-likeness (QED) is 0.527. The first-order valence-electron chi connectivity index (χ1n) is 4.43. The zero-order chi connectivity index (χ0) is 7.30. The van der Waals surface area contributed by atoms with Crippen molar-refractivity contribution in [1.82, 2.24) is 4.90 Å². The Kier molecular flexibility index (Phi) is 1.31. The van der Waals surface area contributed by atoms with Gasteiger partial charge in [0.25, 0.3) is 0 Å². The van der Waals surface area contributed by atoms with Crippen LogP contribution in [0.25, 0.3) is 0 Å². The molecule has 3 atom stereocenters. The van der Waals surface area contributed by atoms with Crippen molar-refractivity contribution >= 4 is 0 Å². The third kappa shape index (κ3) is 0.878. The summed E-state index contributed by atoms with van der Waals surface area (Å²) in [6.07, 6.45) is 3.00. The Morgan fingerprint density at radius 2 is 1.90 bits per heavy atom. The van der Waals surface area contributed by atoms with Crippen molar-refractivity contribution in [3.8, 4) is 0 Å². The van der Waals surface area contributed by atoms with Crippen molar-refractivity contribution in [2.24, 2.45) is 11.8 Å². The van der Waals surface area contributed by atoms with Gasteiger partial charge < -0.3 is 0 Å². The van der Waals surface area contributed by atoms with Gasteiger partial charge in [-0.2, -0.15) is 0 Å². The second-order valence-electron chi connectivity index (χ2n) is 4.23. The van der Waals surface area contributed by atoms with Crippen LogP contribution >= 0.6 is 0 Å². The van der Waals surface area contributed by atoms with E-state index in [1.54, 1.807) is 0 Å². The highest BCUT2D eigenvalue weighted by Crippen LogP contribution is 2.47. The SMILES string of the molecule is CC(C)[C@H]1[C@H](C2CC2)N1C. The minimum atomic E-state index is 0.871. The largest absolute Gasteiger partial charge is 0.297 e. The summed E-state index contributed by atoms with van der Waals surface area (Å²) in [5.74, 6) is 1.95. The first kappa shape index (κ1) is 6.66. The molecule has 1 unspecified atom stereocenters. The first-order chi connectivity index (χ1) is 4.72. The molecule has 1 heterocycles. The van der Waals surface area contributed by atoms with Gasteiger partial charge in [-0.1, -0.05) is 13.8 Å². The molecule has 1 saturated heterocycles. The van der Waals surface area contributed by atoms with Crippen LogP contribution in [0.3, 0.4) is 0 Å². The summed E-state index contributed by atoms with van der Waals surface area (Å²) in [5.41, 5.74) is 0. The molecule has 0 radical (unpaired) electrons. The molecular weight excluding hydrogens is 122 g/mol. The lowest BCUT2D eigenvalue weighted by atomic mass is 10.1. The molecule has 0 amide bonds. The van der Waals surface area contributed by atoms with Gasteiger partial charge in [-0.3, -0.25) is 4.90 Å². The predicted octanol–water partition coefficient (Wildman–Crippen LogP) is 1.74. The van der Waals surface area contributed by atoms with Crippen LogP contribution in [-0.2, 0) is 0 Å². The maximum absolute atomic E-state index is 2.54. The molecule has 0 N–H and O–H groups in total. The number of nitrogens with zero attached hydrogens (tertiary/aromatic N) is 1. The Labute approximate surface area is 63.4 Å². The molecule has 0 bridgehead atoms. The standard InChI is InChI=1S/C9H17N/c1-6(2)8-9(10(8)3)7-4-5-7/h6-9H,4-5H2,1-3H3/t8-,9-,10?/m0/s1. The summed E-state index contributed by atoms with van der Waals surface area (Å²) in [6, 6.07) is 1.90. The lowest BCUT2D eigenvalue weighted by molar-refractivity contribution is 0.501. The molecule has 1 aliphatic heterocycles. The highest BCUT2D eigenvalue weighted by atomic mass is 15.3. The maximum Gasteiger partial charge on any atom is 0.0282 e. The van der Waals surface area contributed by atoms with Crippen LogP contribution in [0.5, 0.6) is 0 Å². The van der Waals surface area contributed by atoms with Gasteiger partial charge >= 0.3 is 0 Å². The molecule has 0 aromatic carbocycles. The van der Waals surface area contributed by atoms with Crippen LogP contribution in [0.4, 0.5) is 0 Å². The predicted molar refractivity (Wildman–Crippen MR) is 42.9 cm³/mol. The molecule has 10 heavy (non-hydrogen) atoms. The first-order valence-corrected chi connectivity index (χ1v) is 4.43. The smallest absolute Gasteiger partial charge is 0.0282 e. The van der Waals surface area contributed by atoms with Crippen LogP contribution < -0.4 is 0 Å². The second kappa shape index (κ2) is 1.97. The molecule has 2 rings (SSSR count). The Morgan fingerprint density at radius 3 is 2.20 bits per heavy atom. The zero-order valence-corrected chi connectivity index (χ0v) is 7.17. The van der Waals surface area contributed by atoms with E-state index in [0.29, 0.717) is 0 Å². The topological polar surface area (TPSA) is 3.01 Å². The zero-order valence-electron chi connectivity index (χ0n) is 7.17. The Balaban J connectivity index is 1.90. The molecule has 0 aromatic rings. The molecule has 0 aromatic heterocycles. The number of hydrogen-bond donors (Lipinski definition) is 0. The van der Waals surface area contributed by atoms with E-state index in [2.05, 4.69) is 25.8 Å². The fraction of sp³-hybridized carbons (Fsp3) is 1.00. The number of likely N-dealkylation sites (N-methyl/N-ethyl adjacent to an activating group) is 1. The molecule has 1 nitrogen and oxygen atoms in total. The highest BCUT2D eigenvalue weighted by molar-refractivity contribution is 5.08. The number of rotatable bonds is 2. The van der Waals surface area contributed by atoms with Crippen LogP contribution in [0.2, 0.25) is 0 Å². The average molecular weight is 139 g/mol. The summed E-state index contributed by atoms with van der Waals surface area (Å²) >= 11 is 0. The van der Waals surface area contributed by atoms with E-state index >= 15 is 0 Å². The van der Waals surface area contributed by atoms with Gasteiger partial charge in [0.05, 0.1) is 0 Å². The van der Waals surface area contributed by atoms with E-state index < -0.39 is 0 Å². The Morgan fingerprint density at radius 1 is 1.30 bits per heavy atom. The van der Waals surface area contributed by atoms with Gasteiger partial charge in [-0.25, -0.2) is 0 Å².